The highest BCUT2D eigenvalue weighted by Crippen LogP contribution is 2.42. The lowest BCUT2D eigenvalue weighted by Gasteiger charge is -2.10. The van der Waals surface area contributed by atoms with Crippen LogP contribution >= 0.6 is 0 Å². The summed E-state index contributed by atoms with van der Waals surface area (Å²) < 4.78 is 66.3. The summed E-state index contributed by atoms with van der Waals surface area (Å²) in [6.07, 6.45) is -3.85. The van der Waals surface area contributed by atoms with Gasteiger partial charge in [0.15, 0.2) is 16.4 Å². The summed E-state index contributed by atoms with van der Waals surface area (Å²) in [6, 6.07) is 6.40. The van der Waals surface area contributed by atoms with E-state index >= 15 is 0 Å². The Morgan fingerprint density at radius 1 is 1.15 bits per heavy atom. The van der Waals surface area contributed by atoms with Crippen LogP contribution in [-0.2, 0) is 10.0 Å². The number of hydrogen-bond donors (Lipinski definition) is 1. The lowest BCUT2D eigenvalue weighted by atomic mass is 10.3. The molecule has 1 heterocycles. The fraction of sp³-hybridized carbons (Fsp3) is 0.143. The van der Waals surface area contributed by atoms with Gasteiger partial charge in [-0.15, -0.1) is 8.78 Å². The van der Waals surface area contributed by atoms with Crippen molar-refractivity contribution in [3.63, 3.8) is 0 Å². The standard InChI is InChI=1S/C14H10F2N2O7S/c1-23-9-3-5-13(10(7-9)18(19)20)26(21,22)17-8-2-4-11-12(6-8)25-14(15,16)24-11/h2-7,17H,1H3. The highest BCUT2D eigenvalue weighted by Gasteiger charge is 2.43. The average Bonchev–Trinajstić information content (AvgIpc) is 2.86. The molecule has 3 rings (SSSR count). The molecule has 0 unspecified atom stereocenters. The van der Waals surface area contributed by atoms with Crippen molar-refractivity contribution in [2.45, 2.75) is 11.2 Å². The molecule has 138 valence electrons. The number of fused-ring (bicyclic) bond motifs is 1. The second-order valence-corrected chi connectivity index (χ2v) is 6.68. The predicted octanol–water partition coefficient (Wildman–Crippen LogP) is 2.73. The first kappa shape index (κ1) is 17.7. The van der Waals surface area contributed by atoms with E-state index in [0.717, 1.165) is 30.3 Å². The first-order valence-corrected chi connectivity index (χ1v) is 8.35. The number of benzene rings is 2. The van der Waals surface area contributed by atoms with Crippen molar-refractivity contribution < 1.29 is 36.3 Å². The van der Waals surface area contributed by atoms with Gasteiger partial charge in [0, 0.05) is 6.07 Å². The molecular weight excluding hydrogens is 378 g/mol. The Morgan fingerprint density at radius 3 is 2.50 bits per heavy atom. The second kappa shape index (κ2) is 5.98. The van der Waals surface area contributed by atoms with Crippen molar-refractivity contribution in [2.75, 3.05) is 11.8 Å². The Kier molecular flexibility index (Phi) is 4.06. The summed E-state index contributed by atoms with van der Waals surface area (Å²) in [5, 5.41) is 11.2. The van der Waals surface area contributed by atoms with E-state index < -0.39 is 31.8 Å². The molecule has 9 nitrogen and oxygen atoms in total. The Hall–Kier alpha value is -3.15. The fourth-order valence-electron chi connectivity index (χ4n) is 2.22. The van der Waals surface area contributed by atoms with E-state index in [1.807, 2.05) is 0 Å². The summed E-state index contributed by atoms with van der Waals surface area (Å²) in [6.45, 7) is 0. The molecule has 0 aromatic heterocycles. The van der Waals surface area contributed by atoms with Crippen LogP contribution in [0.3, 0.4) is 0 Å². The molecule has 0 atom stereocenters. The van der Waals surface area contributed by atoms with E-state index in [0.29, 0.717) is 0 Å². The van der Waals surface area contributed by atoms with Crippen LogP contribution in [0.5, 0.6) is 17.2 Å². The third-order valence-corrected chi connectivity index (χ3v) is 4.73. The Morgan fingerprint density at radius 2 is 1.85 bits per heavy atom. The van der Waals surface area contributed by atoms with Crippen molar-refractivity contribution in [3.05, 3.63) is 46.5 Å². The number of nitro benzene ring substituents is 1. The van der Waals surface area contributed by atoms with Crippen LogP contribution in [-0.4, -0.2) is 26.7 Å². The maximum Gasteiger partial charge on any atom is 0.586 e. The molecule has 2 aromatic rings. The van der Waals surface area contributed by atoms with Gasteiger partial charge in [0.2, 0.25) is 0 Å². The molecule has 0 saturated carbocycles. The molecule has 0 saturated heterocycles. The quantitative estimate of drug-likeness (QED) is 0.618. The number of alkyl halides is 2. The van der Waals surface area contributed by atoms with E-state index in [4.69, 9.17) is 4.74 Å². The number of anilines is 1. The largest absolute Gasteiger partial charge is 0.586 e. The molecule has 12 heteroatoms. The van der Waals surface area contributed by atoms with E-state index in [-0.39, 0.29) is 22.9 Å². The molecule has 0 radical (unpaired) electrons. The maximum absolute atomic E-state index is 13.0. The van der Waals surface area contributed by atoms with Gasteiger partial charge in [-0.2, -0.15) is 0 Å². The van der Waals surface area contributed by atoms with E-state index in [9.17, 15) is 27.3 Å². The smallest absolute Gasteiger partial charge is 0.497 e. The molecule has 0 fully saturated rings. The van der Waals surface area contributed by atoms with Crippen molar-refractivity contribution in [3.8, 4) is 17.2 Å². The third kappa shape index (κ3) is 3.31. The van der Waals surface area contributed by atoms with Gasteiger partial charge in [-0.25, -0.2) is 8.42 Å². The Bertz CT molecular complexity index is 995. The lowest BCUT2D eigenvalue weighted by molar-refractivity contribution is -0.387. The molecule has 0 amide bonds. The van der Waals surface area contributed by atoms with Crippen LogP contribution < -0.4 is 18.9 Å². The lowest BCUT2D eigenvalue weighted by Crippen LogP contribution is -2.25. The zero-order chi connectivity index (χ0) is 19.1. The monoisotopic (exact) mass is 388 g/mol. The van der Waals surface area contributed by atoms with Gasteiger partial charge in [-0.1, -0.05) is 0 Å². The van der Waals surface area contributed by atoms with Crippen molar-refractivity contribution in [1.29, 1.82) is 0 Å². The van der Waals surface area contributed by atoms with Crippen molar-refractivity contribution >= 4 is 21.4 Å². The van der Waals surface area contributed by atoms with E-state index in [1.165, 1.54) is 13.2 Å². The predicted molar refractivity (Wildman–Crippen MR) is 83.1 cm³/mol. The Labute approximate surface area is 145 Å². The van der Waals surface area contributed by atoms with Gasteiger partial charge in [0.25, 0.3) is 15.7 Å². The molecule has 1 aliphatic heterocycles. The zero-order valence-corrected chi connectivity index (χ0v) is 13.7. The maximum atomic E-state index is 13.0. The minimum Gasteiger partial charge on any atom is -0.497 e. The average molecular weight is 388 g/mol. The number of nitro groups is 1. The minimum atomic E-state index is -4.39. The molecular formula is C14H10F2N2O7S. The number of hydrogen-bond acceptors (Lipinski definition) is 7. The topological polar surface area (TPSA) is 117 Å². The van der Waals surface area contributed by atoms with Gasteiger partial charge in [0.05, 0.1) is 23.8 Å². The van der Waals surface area contributed by atoms with Gasteiger partial charge in [0.1, 0.15) is 5.75 Å². The summed E-state index contributed by atoms with van der Waals surface area (Å²) in [7, 11) is -3.12. The molecule has 26 heavy (non-hydrogen) atoms. The number of ether oxygens (including phenoxy) is 3. The number of nitrogens with one attached hydrogen (secondary N) is 1. The molecule has 1 aliphatic rings. The normalized spacial score (nSPS) is 14.7. The minimum absolute atomic E-state index is 0.0981. The SMILES string of the molecule is COc1ccc(S(=O)(=O)Nc2ccc3c(c2)OC(F)(F)O3)c([N+](=O)[O-])c1. The molecule has 2 aromatic carbocycles. The first-order valence-electron chi connectivity index (χ1n) is 6.86. The van der Waals surface area contributed by atoms with Gasteiger partial charge >= 0.3 is 6.29 Å². The van der Waals surface area contributed by atoms with Gasteiger partial charge in [-0.3, -0.25) is 14.8 Å². The van der Waals surface area contributed by atoms with Crippen LogP contribution in [0.15, 0.2) is 41.3 Å². The van der Waals surface area contributed by atoms with Crippen LogP contribution in [0.4, 0.5) is 20.2 Å². The highest BCUT2D eigenvalue weighted by atomic mass is 32.2. The van der Waals surface area contributed by atoms with Crippen molar-refractivity contribution in [1.82, 2.24) is 0 Å². The fourth-order valence-corrected chi connectivity index (χ4v) is 3.42. The number of nitrogens with zero attached hydrogens (tertiary/aromatic N) is 1. The van der Waals surface area contributed by atoms with Crippen LogP contribution in [0.1, 0.15) is 0 Å². The highest BCUT2D eigenvalue weighted by molar-refractivity contribution is 7.92. The zero-order valence-electron chi connectivity index (χ0n) is 12.9. The molecule has 1 N–H and O–H groups in total. The summed E-state index contributed by atoms with van der Waals surface area (Å²) in [4.78, 5) is 9.65. The molecule has 0 bridgehead atoms. The number of rotatable bonds is 5. The first-order chi connectivity index (χ1) is 12.1. The number of methoxy groups -OCH3 is 1. The molecule has 0 spiro atoms. The number of halogens is 2. The Balaban J connectivity index is 1.95. The number of sulfonamides is 1. The van der Waals surface area contributed by atoms with Crippen LogP contribution in [0.2, 0.25) is 0 Å². The summed E-state index contributed by atoms with van der Waals surface area (Å²) >= 11 is 0. The molecule has 0 aliphatic carbocycles. The van der Waals surface area contributed by atoms with Crippen LogP contribution in [0.25, 0.3) is 0 Å². The van der Waals surface area contributed by atoms with Crippen molar-refractivity contribution in [2.24, 2.45) is 0 Å². The van der Waals surface area contributed by atoms with Gasteiger partial charge in [-0.05, 0) is 24.3 Å². The summed E-state index contributed by atoms with van der Waals surface area (Å²) in [5.41, 5.74) is -0.848. The second-order valence-electron chi connectivity index (χ2n) is 5.03. The summed E-state index contributed by atoms with van der Waals surface area (Å²) in [5.74, 6) is -0.547. The van der Waals surface area contributed by atoms with Gasteiger partial charge < -0.3 is 14.2 Å². The van der Waals surface area contributed by atoms with Crippen LogP contribution in [0, 0.1) is 10.1 Å². The van der Waals surface area contributed by atoms with E-state index in [1.54, 1.807) is 0 Å². The van der Waals surface area contributed by atoms with E-state index in [2.05, 4.69) is 14.2 Å². The third-order valence-electron chi connectivity index (χ3n) is 3.31.